The van der Waals surface area contributed by atoms with Crippen molar-refractivity contribution in [3.8, 4) is 0 Å². The van der Waals surface area contributed by atoms with E-state index in [0.717, 1.165) is 39.4 Å². The van der Waals surface area contributed by atoms with Gasteiger partial charge in [-0.25, -0.2) is 9.97 Å². The van der Waals surface area contributed by atoms with Gasteiger partial charge in [-0.1, -0.05) is 12.1 Å². The number of nitrogens with zero attached hydrogens (tertiary/aromatic N) is 4. The summed E-state index contributed by atoms with van der Waals surface area (Å²) in [5, 5.41) is 1.71. The minimum atomic E-state index is -0.112. The molecule has 0 radical (unpaired) electrons. The maximum atomic E-state index is 13.3. The normalized spacial score (nSPS) is 15.0. The molecule has 3 aromatic heterocycles. The van der Waals surface area contributed by atoms with Crippen LogP contribution in [0.15, 0.2) is 35.1 Å². The fraction of sp³-hybridized carbons (Fsp3) is 0.333. The van der Waals surface area contributed by atoms with Crippen molar-refractivity contribution in [3.05, 3.63) is 68.2 Å². The summed E-state index contributed by atoms with van der Waals surface area (Å²) < 4.78 is 0. The van der Waals surface area contributed by atoms with Crippen molar-refractivity contribution in [2.45, 2.75) is 27.3 Å². The second-order valence-corrected chi connectivity index (χ2v) is 9.41. The molecule has 1 aromatic carbocycles. The van der Waals surface area contributed by atoms with Crippen LogP contribution in [0, 0.1) is 20.8 Å². The molecule has 1 aliphatic heterocycles. The van der Waals surface area contributed by atoms with Crippen LogP contribution in [0.3, 0.4) is 0 Å². The van der Waals surface area contributed by atoms with Crippen molar-refractivity contribution < 1.29 is 4.79 Å². The van der Waals surface area contributed by atoms with Gasteiger partial charge in [0.15, 0.2) is 0 Å². The molecular weight excluding hydrogens is 422 g/mol. The number of aryl methyl sites for hydroxylation is 3. The zero-order valence-corrected chi connectivity index (χ0v) is 19.3. The van der Waals surface area contributed by atoms with Gasteiger partial charge in [0.05, 0.1) is 22.3 Å². The number of aromatic nitrogens is 3. The lowest BCUT2D eigenvalue weighted by Crippen LogP contribution is -2.48. The SMILES string of the molecule is Cc1cc(C)c2c(C)c(C(=O)N3CCN(Cc4nc5ccccc5c(=O)[nH]4)CC3)sc2n1. The van der Waals surface area contributed by atoms with Crippen LogP contribution in [0.2, 0.25) is 0 Å². The Kier molecular flexibility index (Phi) is 5.27. The second kappa shape index (κ2) is 8.11. The van der Waals surface area contributed by atoms with Crippen LogP contribution < -0.4 is 5.56 Å². The van der Waals surface area contributed by atoms with Crippen molar-refractivity contribution in [1.29, 1.82) is 0 Å². The fourth-order valence-electron chi connectivity index (χ4n) is 4.50. The first-order valence-corrected chi connectivity index (χ1v) is 11.6. The van der Waals surface area contributed by atoms with E-state index in [1.54, 1.807) is 6.07 Å². The standard InChI is InChI=1S/C24H25N5O2S/c1-14-12-15(2)25-23-20(14)16(3)21(32-23)24(31)29-10-8-28(9-11-29)13-19-26-18-7-5-4-6-17(18)22(30)27-19/h4-7,12H,8-11,13H2,1-3H3,(H,26,27,30). The van der Waals surface area contributed by atoms with E-state index in [1.165, 1.54) is 16.9 Å². The summed E-state index contributed by atoms with van der Waals surface area (Å²) in [5.41, 5.74) is 3.77. The van der Waals surface area contributed by atoms with Gasteiger partial charge >= 0.3 is 0 Å². The van der Waals surface area contributed by atoms with Gasteiger partial charge in [-0.15, -0.1) is 11.3 Å². The Bertz CT molecular complexity index is 1400. The van der Waals surface area contributed by atoms with Crippen LogP contribution in [0.4, 0.5) is 0 Å². The van der Waals surface area contributed by atoms with Crippen molar-refractivity contribution in [3.63, 3.8) is 0 Å². The Morgan fingerprint density at radius 1 is 1.09 bits per heavy atom. The third-order valence-corrected chi connectivity index (χ3v) is 7.29. The number of benzene rings is 1. The van der Waals surface area contributed by atoms with Crippen molar-refractivity contribution in [2.75, 3.05) is 26.2 Å². The van der Waals surface area contributed by atoms with Crippen molar-refractivity contribution in [2.24, 2.45) is 0 Å². The molecular formula is C24H25N5O2S. The molecule has 32 heavy (non-hydrogen) atoms. The van der Waals surface area contributed by atoms with Crippen molar-refractivity contribution in [1.82, 2.24) is 24.8 Å². The predicted octanol–water partition coefficient (Wildman–Crippen LogP) is 3.42. The molecule has 4 heterocycles. The van der Waals surface area contributed by atoms with Gasteiger partial charge in [0.2, 0.25) is 0 Å². The number of hydrogen-bond donors (Lipinski definition) is 1. The number of carbonyl (C=O) groups is 1. The summed E-state index contributed by atoms with van der Waals surface area (Å²) in [6.45, 7) is 9.42. The average Bonchev–Trinajstić information content (AvgIpc) is 3.10. The topological polar surface area (TPSA) is 82.2 Å². The number of nitrogens with one attached hydrogen (secondary N) is 1. The lowest BCUT2D eigenvalue weighted by molar-refractivity contribution is 0.0629. The van der Waals surface area contributed by atoms with E-state index in [0.29, 0.717) is 36.4 Å². The largest absolute Gasteiger partial charge is 0.335 e. The van der Waals surface area contributed by atoms with Crippen LogP contribution in [-0.2, 0) is 6.54 Å². The van der Waals surface area contributed by atoms with Crippen LogP contribution in [0.5, 0.6) is 0 Å². The molecule has 4 aromatic rings. The number of thiophene rings is 1. The predicted molar refractivity (Wildman–Crippen MR) is 127 cm³/mol. The molecule has 1 saturated heterocycles. The molecule has 1 amide bonds. The molecule has 164 valence electrons. The smallest absolute Gasteiger partial charge is 0.264 e. The molecule has 0 saturated carbocycles. The number of carbonyl (C=O) groups excluding carboxylic acids is 1. The Balaban J connectivity index is 1.29. The molecule has 5 rings (SSSR count). The zero-order valence-electron chi connectivity index (χ0n) is 18.4. The van der Waals surface area contributed by atoms with Crippen LogP contribution in [-0.4, -0.2) is 56.8 Å². The summed E-state index contributed by atoms with van der Waals surface area (Å²) in [6, 6.07) is 9.43. The molecule has 0 aliphatic carbocycles. The van der Waals surface area contributed by atoms with E-state index in [9.17, 15) is 9.59 Å². The van der Waals surface area contributed by atoms with Crippen molar-refractivity contribution >= 4 is 38.4 Å². The highest BCUT2D eigenvalue weighted by atomic mass is 32.1. The van der Waals surface area contributed by atoms with Crippen LogP contribution in [0.1, 0.15) is 32.3 Å². The quantitative estimate of drug-likeness (QED) is 0.520. The third kappa shape index (κ3) is 3.69. The minimum Gasteiger partial charge on any atom is -0.335 e. The van der Waals surface area contributed by atoms with Crippen LogP contribution in [0.25, 0.3) is 21.1 Å². The highest BCUT2D eigenvalue weighted by molar-refractivity contribution is 7.20. The molecule has 1 N–H and O–H groups in total. The maximum absolute atomic E-state index is 13.3. The lowest BCUT2D eigenvalue weighted by Gasteiger charge is -2.34. The molecule has 1 aliphatic rings. The number of fused-ring (bicyclic) bond motifs is 2. The molecule has 8 heteroatoms. The first-order valence-electron chi connectivity index (χ1n) is 10.8. The van der Waals surface area contributed by atoms with E-state index < -0.39 is 0 Å². The summed E-state index contributed by atoms with van der Waals surface area (Å²) in [6.07, 6.45) is 0. The number of pyridine rings is 1. The zero-order chi connectivity index (χ0) is 22.4. The Labute approximate surface area is 189 Å². The number of hydrogen-bond acceptors (Lipinski definition) is 6. The van der Waals surface area contributed by atoms with Gasteiger partial charge in [-0.05, 0) is 50.1 Å². The Morgan fingerprint density at radius 3 is 2.62 bits per heavy atom. The second-order valence-electron chi connectivity index (χ2n) is 8.41. The van der Waals surface area contributed by atoms with Gasteiger partial charge in [0, 0.05) is 37.3 Å². The molecule has 0 unspecified atom stereocenters. The average molecular weight is 448 g/mol. The molecule has 7 nitrogen and oxygen atoms in total. The lowest BCUT2D eigenvalue weighted by atomic mass is 10.1. The van der Waals surface area contributed by atoms with Gasteiger partial charge < -0.3 is 9.88 Å². The third-order valence-electron chi connectivity index (χ3n) is 6.11. The minimum absolute atomic E-state index is 0.0828. The number of rotatable bonds is 3. The number of amides is 1. The summed E-state index contributed by atoms with van der Waals surface area (Å²) >= 11 is 1.49. The number of H-pyrrole nitrogens is 1. The molecule has 1 fully saturated rings. The summed E-state index contributed by atoms with van der Waals surface area (Å²) in [5.74, 6) is 0.741. The molecule has 0 spiro atoms. The number of piperazine rings is 1. The highest BCUT2D eigenvalue weighted by Crippen LogP contribution is 2.33. The monoisotopic (exact) mass is 447 g/mol. The van der Waals surface area contributed by atoms with Gasteiger partial charge in [0.1, 0.15) is 10.7 Å². The highest BCUT2D eigenvalue weighted by Gasteiger charge is 2.26. The summed E-state index contributed by atoms with van der Waals surface area (Å²) in [4.78, 5) is 43.6. The maximum Gasteiger partial charge on any atom is 0.264 e. The molecule has 0 atom stereocenters. The van der Waals surface area contributed by atoms with E-state index >= 15 is 0 Å². The summed E-state index contributed by atoms with van der Waals surface area (Å²) in [7, 11) is 0. The first kappa shape index (κ1) is 20.8. The number of para-hydroxylation sites is 1. The fourth-order valence-corrected chi connectivity index (χ4v) is 5.77. The van der Waals surface area contributed by atoms with Gasteiger partial charge in [0.25, 0.3) is 11.5 Å². The van der Waals surface area contributed by atoms with E-state index in [1.807, 2.05) is 36.9 Å². The van der Waals surface area contributed by atoms with E-state index in [2.05, 4.69) is 32.8 Å². The van der Waals surface area contributed by atoms with E-state index in [-0.39, 0.29) is 11.5 Å². The van der Waals surface area contributed by atoms with E-state index in [4.69, 9.17) is 0 Å². The molecule has 0 bridgehead atoms. The first-order chi connectivity index (χ1) is 15.4. The van der Waals surface area contributed by atoms with Gasteiger partial charge in [-0.3, -0.25) is 14.5 Å². The van der Waals surface area contributed by atoms with Gasteiger partial charge in [-0.2, -0.15) is 0 Å². The number of aromatic amines is 1. The Hall–Kier alpha value is -3.10. The Morgan fingerprint density at radius 2 is 1.84 bits per heavy atom. The van der Waals surface area contributed by atoms with Crippen LogP contribution >= 0.6 is 11.3 Å².